The molecule has 0 aromatic heterocycles. The van der Waals surface area contributed by atoms with E-state index in [2.05, 4.69) is 0 Å². The van der Waals surface area contributed by atoms with Crippen LogP contribution in [-0.4, -0.2) is 6.61 Å². The van der Waals surface area contributed by atoms with Crippen molar-refractivity contribution in [3.63, 3.8) is 0 Å². The van der Waals surface area contributed by atoms with E-state index in [1.807, 2.05) is 44.2 Å². The number of nitrogens with two attached hydrogens (primary N) is 1. The van der Waals surface area contributed by atoms with Crippen LogP contribution in [-0.2, 0) is 0 Å². The second-order valence-electron chi connectivity index (χ2n) is 2.90. The molecule has 1 aromatic carbocycles. The van der Waals surface area contributed by atoms with Gasteiger partial charge < -0.3 is 10.5 Å². The van der Waals surface area contributed by atoms with E-state index in [-0.39, 0.29) is 0 Å². The minimum absolute atomic E-state index is 0.598. The van der Waals surface area contributed by atoms with E-state index in [4.69, 9.17) is 10.5 Å². The first-order chi connectivity index (χ1) is 6.24. The van der Waals surface area contributed by atoms with Gasteiger partial charge in [0.05, 0.1) is 0 Å². The molecule has 0 amide bonds. The number of aryl methyl sites for hydroxylation is 1. The third-order valence-corrected chi connectivity index (χ3v) is 1.78. The van der Waals surface area contributed by atoms with E-state index in [0.29, 0.717) is 6.61 Å². The number of nitrogen functional groups attached to an aromatic ring is 1. The summed E-state index contributed by atoms with van der Waals surface area (Å²) in [7, 11) is 0. The van der Waals surface area contributed by atoms with Crippen molar-refractivity contribution in [2.45, 2.75) is 13.8 Å². The largest absolute Gasteiger partial charge is 0.489 e. The highest BCUT2D eigenvalue weighted by Crippen LogP contribution is 2.20. The Labute approximate surface area is 79.0 Å². The van der Waals surface area contributed by atoms with Crippen molar-refractivity contribution >= 4 is 5.69 Å². The molecule has 0 fully saturated rings. The van der Waals surface area contributed by atoms with Crippen molar-refractivity contribution in [2.75, 3.05) is 12.3 Å². The summed E-state index contributed by atoms with van der Waals surface area (Å²) in [6.45, 7) is 4.57. The molecule has 2 N–H and O–H groups in total. The summed E-state index contributed by atoms with van der Waals surface area (Å²) < 4.78 is 5.49. The predicted octanol–water partition coefficient (Wildman–Crippen LogP) is 2.53. The van der Waals surface area contributed by atoms with E-state index < -0.39 is 0 Å². The summed E-state index contributed by atoms with van der Waals surface area (Å²) >= 11 is 0. The van der Waals surface area contributed by atoms with Gasteiger partial charge in [0.25, 0.3) is 0 Å². The average molecular weight is 177 g/mol. The maximum atomic E-state index is 5.63. The molecule has 0 atom stereocenters. The molecule has 0 saturated carbocycles. The number of rotatable bonds is 3. The van der Waals surface area contributed by atoms with Gasteiger partial charge in [-0.1, -0.05) is 18.2 Å². The number of anilines is 1. The van der Waals surface area contributed by atoms with E-state index in [9.17, 15) is 0 Å². The van der Waals surface area contributed by atoms with Crippen LogP contribution in [0.2, 0.25) is 0 Å². The lowest BCUT2D eigenvalue weighted by Gasteiger charge is -2.07. The molecule has 1 rings (SSSR count). The highest BCUT2D eigenvalue weighted by atomic mass is 16.5. The molecular formula is C11H15NO. The van der Waals surface area contributed by atoms with Crippen molar-refractivity contribution in [3.8, 4) is 5.75 Å². The zero-order valence-electron chi connectivity index (χ0n) is 8.08. The summed E-state index contributed by atoms with van der Waals surface area (Å²) in [5, 5.41) is 0. The molecular weight excluding hydrogens is 162 g/mol. The van der Waals surface area contributed by atoms with Crippen molar-refractivity contribution in [1.82, 2.24) is 0 Å². The van der Waals surface area contributed by atoms with Crippen molar-refractivity contribution in [1.29, 1.82) is 0 Å². The second-order valence-corrected chi connectivity index (χ2v) is 2.90. The monoisotopic (exact) mass is 177 g/mol. The van der Waals surface area contributed by atoms with Crippen molar-refractivity contribution in [2.24, 2.45) is 0 Å². The summed E-state index contributed by atoms with van der Waals surface area (Å²) in [6, 6.07) is 5.68. The fourth-order valence-electron chi connectivity index (χ4n) is 1.01. The van der Waals surface area contributed by atoms with Gasteiger partial charge in [-0.05, 0) is 25.5 Å². The minimum atomic E-state index is 0.598. The van der Waals surface area contributed by atoms with Gasteiger partial charge in [-0.2, -0.15) is 0 Å². The van der Waals surface area contributed by atoms with E-state index in [1.54, 1.807) is 0 Å². The van der Waals surface area contributed by atoms with Crippen LogP contribution < -0.4 is 10.5 Å². The summed E-state index contributed by atoms with van der Waals surface area (Å²) in [6.07, 6.45) is 3.92. The number of ether oxygens (including phenoxy) is 1. The first-order valence-electron chi connectivity index (χ1n) is 4.34. The second kappa shape index (κ2) is 4.55. The number of benzene rings is 1. The van der Waals surface area contributed by atoms with Crippen LogP contribution in [0.3, 0.4) is 0 Å². The molecule has 70 valence electrons. The van der Waals surface area contributed by atoms with Gasteiger partial charge in [-0.15, -0.1) is 0 Å². The Balaban J connectivity index is 2.69. The van der Waals surface area contributed by atoms with Gasteiger partial charge in [-0.25, -0.2) is 0 Å². The molecule has 0 radical (unpaired) electrons. The maximum Gasteiger partial charge on any atom is 0.124 e. The van der Waals surface area contributed by atoms with Gasteiger partial charge >= 0.3 is 0 Å². The Morgan fingerprint density at radius 3 is 2.92 bits per heavy atom. The first-order valence-corrected chi connectivity index (χ1v) is 4.34. The van der Waals surface area contributed by atoms with Crippen LogP contribution >= 0.6 is 0 Å². The van der Waals surface area contributed by atoms with Gasteiger partial charge in [0.1, 0.15) is 12.4 Å². The van der Waals surface area contributed by atoms with Gasteiger partial charge in [0.15, 0.2) is 0 Å². The van der Waals surface area contributed by atoms with Crippen LogP contribution in [0, 0.1) is 6.92 Å². The molecule has 0 unspecified atom stereocenters. The first kappa shape index (κ1) is 9.65. The Morgan fingerprint density at radius 2 is 2.23 bits per heavy atom. The Kier molecular flexibility index (Phi) is 3.38. The van der Waals surface area contributed by atoms with Crippen molar-refractivity contribution < 1.29 is 4.74 Å². The Hall–Kier alpha value is -1.44. The molecule has 0 saturated heterocycles. The lowest BCUT2D eigenvalue weighted by molar-refractivity contribution is 0.360. The summed E-state index contributed by atoms with van der Waals surface area (Å²) in [5.74, 6) is 0.859. The normalized spacial score (nSPS) is 10.6. The van der Waals surface area contributed by atoms with Crippen LogP contribution in [0.4, 0.5) is 5.69 Å². The summed E-state index contributed by atoms with van der Waals surface area (Å²) in [4.78, 5) is 0. The Bertz CT molecular complexity index is 305. The average Bonchev–Trinajstić information content (AvgIpc) is 2.11. The highest BCUT2D eigenvalue weighted by molar-refractivity contribution is 5.47. The quantitative estimate of drug-likeness (QED) is 0.568. The fraction of sp³-hybridized carbons (Fsp3) is 0.273. The topological polar surface area (TPSA) is 35.2 Å². The van der Waals surface area contributed by atoms with Gasteiger partial charge in [-0.3, -0.25) is 0 Å². The van der Waals surface area contributed by atoms with Crippen LogP contribution in [0.25, 0.3) is 0 Å². The molecule has 0 aliphatic heterocycles. The molecule has 0 heterocycles. The van der Waals surface area contributed by atoms with E-state index >= 15 is 0 Å². The molecule has 0 spiro atoms. The van der Waals surface area contributed by atoms with Crippen LogP contribution in [0.5, 0.6) is 5.75 Å². The standard InChI is InChI=1S/C11H15NO/c1-3-4-7-13-11-8-10(12)6-5-9(11)2/h3-6,8H,7,12H2,1-2H3/b4-3+. The number of hydrogen-bond acceptors (Lipinski definition) is 2. The van der Waals surface area contributed by atoms with E-state index in [0.717, 1.165) is 17.0 Å². The molecule has 1 aromatic rings. The van der Waals surface area contributed by atoms with E-state index in [1.165, 1.54) is 0 Å². The zero-order chi connectivity index (χ0) is 9.68. The number of hydrogen-bond donors (Lipinski definition) is 1. The third-order valence-electron chi connectivity index (χ3n) is 1.78. The zero-order valence-corrected chi connectivity index (χ0v) is 8.08. The third kappa shape index (κ3) is 2.82. The van der Waals surface area contributed by atoms with Crippen LogP contribution in [0.1, 0.15) is 12.5 Å². The highest BCUT2D eigenvalue weighted by Gasteiger charge is 1.97. The SMILES string of the molecule is C/C=C/COc1cc(N)ccc1C. The lowest BCUT2D eigenvalue weighted by atomic mass is 10.2. The predicted molar refractivity (Wildman–Crippen MR) is 55.9 cm³/mol. The molecule has 0 aliphatic rings. The summed E-state index contributed by atoms with van der Waals surface area (Å²) in [5.41, 5.74) is 7.48. The molecule has 0 bridgehead atoms. The fourth-order valence-corrected chi connectivity index (χ4v) is 1.01. The maximum absolute atomic E-state index is 5.63. The molecule has 13 heavy (non-hydrogen) atoms. The molecule has 2 heteroatoms. The Morgan fingerprint density at radius 1 is 1.46 bits per heavy atom. The minimum Gasteiger partial charge on any atom is -0.489 e. The molecule has 2 nitrogen and oxygen atoms in total. The number of allylic oxidation sites excluding steroid dienone is 1. The van der Waals surface area contributed by atoms with Crippen LogP contribution in [0.15, 0.2) is 30.4 Å². The molecule has 0 aliphatic carbocycles. The van der Waals surface area contributed by atoms with Gasteiger partial charge in [0.2, 0.25) is 0 Å². The van der Waals surface area contributed by atoms with Gasteiger partial charge in [0, 0.05) is 11.8 Å². The van der Waals surface area contributed by atoms with Crippen molar-refractivity contribution in [3.05, 3.63) is 35.9 Å². The lowest BCUT2D eigenvalue weighted by Crippen LogP contribution is -1.96. The smallest absolute Gasteiger partial charge is 0.124 e.